The van der Waals surface area contributed by atoms with E-state index in [0.29, 0.717) is 137 Å². The van der Waals surface area contributed by atoms with Gasteiger partial charge < -0.3 is 77.0 Å². The van der Waals surface area contributed by atoms with E-state index in [2.05, 4.69) is 168 Å². The number of hydrazine groups is 1. The number of nitrogens with zero attached hydrogens (tertiary/aromatic N) is 26. The lowest BCUT2D eigenvalue weighted by atomic mass is 9.86. The number of amides is 6. The van der Waals surface area contributed by atoms with Gasteiger partial charge in [0, 0.05) is 149 Å². The summed E-state index contributed by atoms with van der Waals surface area (Å²) in [6, 6.07) is 14.0. The summed E-state index contributed by atoms with van der Waals surface area (Å²) < 4.78 is 46.1. The first kappa shape index (κ1) is 106. The molecular weight excluding hydrogens is 1880 g/mol. The molecule has 0 saturated carbocycles. The third-order valence-electron chi connectivity index (χ3n) is 26.9. The van der Waals surface area contributed by atoms with Gasteiger partial charge in [-0.15, -0.1) is 40.8 Å². The van der Waals surface area contributed by atoms with E-state index in [4.69, 9.17) is 33.7 Å². The lowest BCUT2D eigenvalue weighted by Crippen LogP contribution is -2.50. The van der Waals surface area contributed by atoms with E-state index in [-0.39, 0.29) is 78.1 Å². The highest BCUT2D eigenvalue weighted by Crippen LogP contribution is 2.40. The first-order valence-electron chi connectivity index (χ1n) is 50.4. The molecule has 10 unspecified atom stereocenters. The zero-order chi connectivity index (χ0) is 104. The molecule has 6 amide bonds. The van der Waals surface area contributed by atoms with Crippen LogP contribution >= 0.6 is 0 Å². The highest BCUT2D eigenvalue weighted by Gasteiger charge is 2.42. The average Bonchev–Trinajstić information content (AvgIpc) is 1.64. The Morgan fingerprint density at radius 2 is 0.745 bits per heavy atom. The molecule has 0 radical (unpaired) electrons. The van der Waals surface area contributed by atoms with Gasteiger partial charge in [0.05, 0.1) is 65.0 Å². The minimum absolute atomic E-state index is 0.0539. The molecule has 19 heterocycles. The highest BCUT2D eigenvalue weighted by molar-refractivity contribution is 6.76. The van der Waals surface area contributed by atoms with Crippen LogP contribution in [0, 0.1) is 46.8 Å². The number of likely N-dealkylation sites (tertiary alicyclic amines) is 5. The summed E-state index contributed by atoms with van der Waals surface area (Å²) >= 11 is 0. The Bertz CT molecular complexity index is 6790. The van der Waals surface area contributed by atoms with Crippen molar-refractivity contribution in [2.24, 2.45) is 35.5 Å². The molecule has 14 aromatic rings. The first-order valence-corrected chi connectivity index (χ1v) is 57.8. The lowest BCUT2D eigenvalue weighted by molar-refractivity contribution is -0.132. The number of aromatic amines is 3. The number of anilines is 1. The molecule has 5 aliphatic heterocycles. The van der Waals surface area contributed by atoms with Gasteiger partial charge in [-0.25, -0.2) is 49.1 Å². The quantitative estimate of drug-likeness (QED) is 0.0230. The molecule has 5 fully saturated rings. The van der Waals surface area contributed by atoms with E-state index in [1.54, 1.807) is 55.5 Å². The molecule has 5 N–H and O–H groups in total. The van der Waals surface area contributed by atoms with Crippen molar-refractivity contribution in [2.75, 3.05) is 84.1 Å². The van der Waals surface area contributed by atoms with Crippen LogP contribution in [-0.4, -0.2) is 290 Å². The van der Waals surface area contributed by atoms with E-state index >= 15 is 0 Å². The van der Waals surface area contributed by atoms with Gasteiger partial charge in [-0.2, -0.15) is 5.26 Å². The number of carbonyl (C=O) groups excluding carboxylic acids is 6. The number of carbonyl (C=O) groups is 6. The van der Waals surface area contributed by atoms with Gasteiger partial charge in [-0.3, -0.25) is 38.0 Å². The number of nitriles is 1. The number of hydrogen-bond acceptors (Lipinski definition) is 28. The Labute approximate surface area is 845 Å². The fourth-order valence-corrected chi connectivity index (χ4v) is 20.1. The summed E-state index contributed by atoms with van der Waals surface area (Å²) in [6.07, 6.45) is 21.0. The fraction of sp³-hybridized carbons (Fsp3) is 0.590. The Hall–Kier alpha value is -13.4. The number of aromatic nitrogens is 23. The molecule has 145 heavy (non-hydrogen) atoms. The second kappa shape index (κ2) is 43.9. The van der Waals surface area contributed by atoms with Crippen LogP contribution in [0.4, 0.5) is 25.0 Å². The lowest BCUT2D eigenvalue weighted by Gasteiger charge is -2.37. The molecular formula is C100H143N31O12Si2. The topological polar surface area (TPSA) is 477 Å². The van der Waals surface area contributed by atoms with Crippen molar-refractivity contribution in [3.05, 3.63) is 116 Å². The van der Waals surface area contributed by atoms with Crippen molar-refractivity contribution in [1.29, 1.82) is 5.26 Å². The van der Waals surface area contributed by atoms with Crippen LogP contribution in [0.25, 0.3) is 78.4 Å². The summed E-state index contributed by atoms with van der Waals surface area (Å²) in [4.78, 5) is 120. The zero-order valence-electron chi connectivity index (χ0n) is 88.0. The van der Waals surface area contributed by atoms with Crippen LogP contribution in [0.1, 0.15) is 203 Å². The maximum absolute atomic E-state index is 12.9. The standard InChI is InChI=1S/C24H40N6O4Si.C24H38N6O3Si.2C18H24N6O2.C16H17N7O/c1-17-8-10-29(23(32)34-24(2,3)4)15-18(17)22(31)28-27-20-14-25-21-19(26-20)9-11-30(21)16-33-12-13-35(5,6)7;1-17-8-10-28(23(31)33-24(2,3)4)15-18(17)21-27-26-20-14-25-22-19(30(20)21)9-11-29(22)16-32-12-13-34(5,6)7;2*1-11-6-8-23(17(25)26-18(2,3)4)10-12(11)16-22-21-14-9-20-15-13(24(14)16)5-7-19-15;1-10-4-7-22(14(24)2-5-17)9-11(10)16-21-20-13-8-19-15-12(23(13)16)3-6-18-15/h9,11,14,17-18H,8,10,12-13,15-16H2,1-7H3,(H,26,27)(H,28,31);9,11,14,17-18H,8,10,12-13,15-16H2,1-7H3;2*5,7,9,11-12,19H,6,8,10H2,1-4H3;3,6,8,10-11,18H,2,4,7,9H2,1H3. The largest absolute Gasteiger partial charge is 0.444 e. The smallest absolute Gasteiger partial charge is 0.410 e. The van der Waals surface area contributed by atoms with Crippen LogP contribution in [0.5, 0.6) is 0 Å². The van der Waals surface area contributed by atoms with Crippen LogP contribution in [0.3, 0.4) is 0 Å². The van der Waals surface area contributed by atoms with Gasteiger partial charge in [-0.1, -0.05) is 73.9 Å². The van der Waals surface area contributed by atoms with Crippen LogP contribution < -0.4 is 10.9 Å². The predicted octanol–water partition coefficient (Wildman–Crippen LogP) is 16.2. The Kier molecular flexibility index (Phi) is 32.1. The summed E-state index contributed by atoms with van der Waals surface area (Å²) in [7, 11) is -2.25. The third kappa shape index (κ3) is 26.0. The molecule has 5 aliphatic rings. The Balaban J connectivity index is 0.000000137. The van der Waals surface area contributed by atoms with Crippen molar-refractivity contribution < 1.29 is 57.2 Å². The SMILES string of the molecule is CC1CCN(C(=O)CC#N)CC1c1nnc2cnc3[nH]ccc3n12.CC1CCN(C(=O)OC(C)(C)C)CC1C(=O)NNc1cnc2c(ccn2COCC[Si](C)(C)C)n1.CC1CCN(C(=O)OC(C)(C)C)CC1c1nnc2cnc3[nH]ccc3n12.CC1CCN(C(=O)OC(C)(C)C)CC1c1nnc2cnc3[nH]ccc3n12.CC1CCN(C(=O)OC(C)(C)C)CC1c1nnc2cnc3c(ccn3COCC[Si](C)(C)C)n12. The number of H-pyrrole nitrogens is 3. The molecule has 14 aromatic heterocycles. The van der Waals surface area contributed by atoms with Crippen molar-refractivity contribution in [3.8, 4) is 6.07 Å². The first-order chi connectivity index (χ1) is 68.6. The molecule has 0 bridgehead atoms. The molecule has 0 aliphatic carbocycles. The number of hydrogen-bond donors (Lipinski definition) is 5. The molecule has 0 spiro atoms. The maximum atomic E-state index is 12.9. The number of ether oxygens (including phenoxy) is 6. The van der Waals surface area contributed by atoms with Crippen molar-refractivity contribution in [3.63, 3.8) is 0 Å². The number of nitrogens with one attached hydrogen (secondary N) is 5. The Morgan fingerprint density at radius 3 is 1.12 bits per heavy atom. The van der Waals surface area contributed by atoms with E-state index in [0.717, 1.165) is 131 Å². The molecule has 19 rings (SSSR count). The summed E-state index contributed by atoms with van der Waals surface area (Å²) in [5.74, 6) is 5.20. The van der Waals surface area contributed by atoms with Gasteiger partial charge in [0.1, 0.15) is 71.1 Å². The second-order valence-electron chi connectivity index (χ2n) is 45.5. The summed E-state index contributed by atoms with van der Waals surface area (Å²) in [5, 5.41) is 43.8. The number of fused-ring (bicyclic) bond motifs is 13. The van der Waals surface area contributed by atoms with Gasteiger partial charge in [0.25, 0.3) is 0 Å². The van der Waals surface area contributed by atoms with Gasteiger partial charge in [0.2, 0.25) is 11.8 Å². The van der Waals surface area contributed by atoms with Crippen LogP contribution in [-0.2, 0) is 51.5 Å². The van der Waals surface area contributed by atoms with Crippen molar-refractivity contribution in [1.82, 2.24) is 142 Å². The molecule has 43 nitrogen and oxygen atoms in total. The fourth-order valence-electron chi connectivity index (χ4n) is 18.6. The Morgan fingerprint density at radius 1 is 0.414 bits per heavy atom. The molecule has 10 atom stereocenters. The van der Waals surface area contributed by atoms with Gasteiger partial charge in [-0.05, 0) is 187 Å². The van der Waals surface area contributed by atoms with E-state index in [1.807, 2.05) is 180 Å². The normalized spacial score (nSPS) is 20.4. The number of rotatable bonds is 18. The molecule has 778 valence electrons. The summed E-state index contributed by atoms with van der Waals surface area (Å²) in [6.45, 7) is 55.7. The molecule has 0 aromatic carbocycles. The second-order valence-corrected chi connectivity index (χ2v) is 56.7. The van der Waals surface area contributed by atoms with Gasteiger partial charge >= 0.3 is 24.4 Å². The van der Waals surface area contributed by atoms with E-state index in [9.17, 15) is 28.8 Å². The number of piperidine rings is 5. The van der Waals surface area contributed by atoms with Crippen molar-refractivity contribution in [2.45, 2.75) is 267 Å². The minimum Gasteiger partial charge on any atom is -0.444 e. The third-order valence-corrected chi connectivity index (χ3v) is 30.4. The van der Waals surface area contributed by atoms with E-state index in [1.165, 1.54) is 0 Å². The van der Waals surface area contributed by atoms with Gasteiger partial charge in [0.15, 0.2) is 56.6 Å². The minimum atomic E-state index is -1.13. The van der Waals surface area contributed by atoms with Crippen LogP contribution in [0.2, 0.25) is 51.4 Å². The van der Waals surface area contributed by atoms with Crippen LogP contribution in [0.15, 0.2) is 92.3 Å². The van der Waals surface area contributed by atoms with E-state index < -0.39 is 38.6 Å². The average molecular weight is 2030 g/mol. The zero-order valence-corrected chi connectivity index (χ0v) is 90.0. The highest BCUT2D eigenvalue weighted by atomic mass is 28.3. The monoisotopic (exact) mass is 2030 g/mol. The van der Waals surface area contributed by atoms with Crippen molar-refractivity contribution >= 4 is 137 Å². The maximum Gasteiger partial charge on any atom is 0.410 e. The molecule has 45 heteroatoms. The molecule has 5 saturated heterocycles. The predicted molar refractivity (Wildman–Crippen MR) is 553 cm³/mol. The summed E-state index contributed by atoms with van der Waals surface area (Å²) in [5.41, 5.74) is 14.8.